The van der Waals surface area contributed by atoms with Crippen LogP contribution >= 0.6 is 0 Å². The maximum absolute atomic E-state index is 13.8. The van der Waals surface area contributed by atoms with Crippen LogP contribution in [0.25, 0.3) is 0 Å². The molecule has 0 bridgehead atoms. The quantitative estimate of drug-likeness (QED) is 0.292. The summed E-state index contributed by atoms with van der Waals surface area (Å²) in [6, 6.07) is 8.54. The Labute approximate surface area is 229 Å². The molecule has 1 unspecified atom stereocenters. The van der Waals surface area contributed by atoms with Crippen LogP contribution in [-0.4, -0.2) is 35.0 Å². The summed E-state index contributed by atoms with van der Waals surface area (Å²) in [4.78, 5) is 11.0. The van der Waals surface area contributed by atoms with E-state index in [1.165, 1.54) is 24.3 Å². The molecule has 1 N–H and O–H groups in total. The van der Waals surface area contributed by atoms with E-state index >= 15 is 0 Å². The van der Waals surface area contributed by atoms with Crippen LogP contribution in [0.5, 0.6) is 0 Å². The largest absolute Gasteiger partial charge is 0.481 e. The maximum Gasteiger partial charge on any atom is 0.416 e. The fourth-order valence-electron chi connectivity index (χ4n) is 3.70. The van der Waals surface area contributed by atoms with Crippen molar-refractivity contribution in [3.8, 4) is 12.3 Å². The number of likely N-dealkylation sites (tertiary alicyclic amines) is 1. The summed E-state index contributed by atoms with van der Waals surface area (Å²) in [5, 5.41) is 7.42. The Morgan fingerprint density at radius 1 is 0.950 bits per heavy atom. The number of halogens is 8. The number of aliphatic carboxylic acids is 1. The number of hydrogen-bond acceptors (Lipinski definition) is 2. The second-order valence-corrected chi connectivity index (χ2v) is 10.5. The molecule has 0 aliphatic carbocycles. The normalized spacial score (nSPS) is 17.4. The number of nitrogens with zero attached hydrogens (tertiary/aromatic N) is 1. The van der Waals surface area contributed by atoms with Gasteiger partial charge in [0.25, 0.3) is 11.9 Å². The molecule has 40 heavy (non-hydrogen) atoms. The number of hydrogen-bond donors (Lipinski definition) is 1. The Balaban J connectivity index is 0.000000415. The summed E-state index contributed by atoms with van der Waals surface area (Å²) in [5.74, 6) is -1.37. The molecular formula is C29H33F8NO2. The van der Waals surface area contributed by atoms with Crippen LogP contribution in [0.1, 0.15) is 75.3 Å². The van der Waals surface area contributed by atoms with Gasteiger partial charge in [0.15, 0.2) is 0 Å². The number of benzene rings is 2. The predicted octanol–water partition coefficient (Wildman–Crippen LogP) is 8.69. The van der Waals surface area contributed by atoms with E-state index in [-0.39, 0.29) is 24.8 Å². The van der Waals surface area contributed by atoms with Crippen molar-refractivity contribution in [3.05, 3.63) is 70.8 Å². The smallest absolute Gasteiger partial charge is 0.416 e. The highest BCUT2D eigenvalue weighted by molar-refractivity contribution is 5.62. The van der Waals surface area contributed by atoms with Crippen molar-refractivity contribution in [1.29, 1.82) is 0 Å². The van der Waals surface area contributed by atoms with Crippen LogP contribution in [0.2, 0.25) is 0 Å². The van der Waals surface area contributed by atoms with Gasteiger partial charge in [-0.3, -0.25) is 9.69 Å². The van der Waals surface area contributed by atoms with Gasteiger partial charge in [-0.1, -0.05) is 38.8 Å². The molecule has 1 heterocycles. The first-order valence-electron chi connectivity index (χ1n) is 12.3. The highest BCUT2D eigenvalue weighted by Crippen LogP contribution is 2.41. The molecule has 1 aliphatic rings. The van der Waals surface area contributed by atoms with Gasteiger partial charge >= 0.3 is 12.4 Å². The van der Waals surface area contributed by atoms with Crippen LogP contribution < -0.4 is 0 Å². The van der Waals surface area contributed by atoms with Gasteiger partial charge in [0.05, 0.1) is 11.1 Å². The number of carbonyl (C=O) groups is 1. The van der Waals surface area contributed by atoms with Crippen LogP contribution in [0.15, 0.2) is 48.5 Å². The van der Waals surface area contributed by atoms with Crippen LogP contribution in [0.3, 0.4) is 0 Å². The molecule has 3 nitrogen and oxygen atoms in total. The van der Waals surface area contributed by atoms with Crippen LogP contribution in [0.4, 0.5) is 35.1 Å². The average molecular weight is 580 g/mol. The molecule has 1 atom stereocenters. The minimum absolute atomic E-state index is 0.0741. The SMILES string of the molecule is C#Cc1ccc(C(F)(F)F)cc1.CC(=O)O.CC(C)(C)CCN1CCC(F)(F)CC1c1ccc(C(F)(F)F)cc1. The lowest BCUT2D eigenvalue weighted by molar-refractivity contribution is -0.138. The van der Waals surface area contributed by atoms with Gasteiger partial charge in [-0.25, -0.2) is 8.78 Å². The topological polar surface area (TPSA) is 40.5 Å². The fraction of sp³-hybridized carbons (Fsp3) is 0.483. The Morgan fingerprint density at radius 3 is 1.75 bits per heavy atom. The number of alkyl halides is 8. The van der Waals surface area contributed by atoms with E-state index in [9.17, 15) is 35.1 Å². The van der Waals surface area contributed by atoms with E-state index in [1.54, 1.807) is 0 Å². The zero-order chi connectivity index (χ0) is 30.9. The second kappa shape index (κ2) is 14.0. The van der Waals surface area contributed by atoms with Crippen molar-refractivity contribution < 1.29 is 45.0 Å². The van der Waals surface area contributed by atoms with E-state index in [1.807, 2.05) is 4.90 Å². The lowest BCUT2D eigenvalue weighted by Crippen LogP contribution is -2.43. The maximum atomic E-state index is 13.8. The molecule has 3 rings (SSSR count). The van der Waals surface area contributed by atoms with E-state index < -0.39 is 41.4 Å². The fourth-order valence-corrected chi connectivity index (χ4v) is 3.70. The number of terminal acetylenes is 1. The van der Waals surface area contributed by atoms with Crippen LogP contribution in [-0.2, 0) is 17.1 Å². The third-order valence-electron chi connectivity index (χ3n) is 5.85. The molecular weight excluding hydrogens is 546 g/mol. The minimum Gasteiger partial charge on any atom is -0.481 e. The number of piperidine rings is 1. The summed E-state index contributed by atoms with van der Waals surface area (Å²) in [7, 11) is 0. The van der Waals surface area contributed by atoms with Crippen molar-refractivity contribution in [2.24, 2.45) is 5.41 Å². The van der Waals surface area contributed by atoms with E-state index in [0.717, 1.165) is 37.6 Å². The van der Waals surface area contributed by atoms with Crippen molar-refractivity contribution in [2.75, 3.05) is 13.1 Å². The van der Waals surface area contributed by atoms with Gasteiger partial charge in [0.1, 0.15) is 0 Å². The summed E-state index contributed by atoms with van der Waals surface area (Å²) in [6.07, 6.45) is -3.42. The Morgan fingerprint density at radius 2 is 1.38 bits per heavy atom. The number of rotatable bonds is 3. The van der Waals surface area contributed by atoms with Gasteiger partial charge in [0.2, 0.25) is 0 Å². The standard InChI is InChI=1S/C18H24F5N.C9H5F3.C2H4O2/c1-16(2,3)8-10-24-11-9-17(19,20)12-15(24)13-4-6-14(7-5-13)18(21,22)23;1-2-7-3-5-8(6-4-7)9(10,11)12;1-2(3)4/h4-7,15H,8-12H2,1-3H3;1,3-6H;1H3,(H,3,4). The second-order valence-electron chi connectivity index (χ2n) is 10.5. The van der Waals surface area contributed by atoms with Crippen molar-refractivity contribution in [2.45, 2.75) is 71.3 Å². The molecule has 222 valence electrons. The molecule has 0 radical (unpaired) electrons. The summed E-state index contributed by atoms with van der Waals surface area (Å²) in [6.45, 7) is 8.25. The zero-order valence-electron chi connectivity index (χ0n) is 22.6. The van der Waals surface area contributed by atoms with Gasteiger partial charge in [-0.15, -0.1) is 6.42 Å². The molecule has 11 heteroatoms. The third-order valence-corrected chi connectivity index (χ3v) is 5.85. The number of carboxylic acids is 1. The first-order valence-corrected chi connectivity index (χ1v) is 12.3. The van der Waals surface area contributed by atoms with E-state index in [0.29, 0.717) is 17.7 Å². The summed E-state index contributed by atoms with van der Waals surface area (Å²) in [5.41, 5.74) is -0.388. The molecule has 1 aliphatic heterocycles. The average Bonchev–Trinajstić information content (AvgIpc) is 2.81. The Hall–Kier alpha value is -3.13. The van der Waals surface area contributed by atoms with Crippen molar-refractivity contribution in [3.63, 3.8) is 0 Å². The molecule has 2 aromatic carbocycles. The first kappa shape index (κ1) is 34.9. The lowest BCUT2D eigenvalue weighted by Gasteiger charge is -2.40. The highest BCUT2D eigenvalue weighted by Gasteiger charge is 2.41. The highest BCUT2D eigenvalue weighted by atomic mass is 19.4. The van der Waals surface area contributed by atoms with Gasteiger partial charge in [-0.2, -0.15) is 26.3 Å². The molecule has 0 amide bonds. The molecule has 0 aromatic heterocycles. The van der Waals surface area contributed by atoms with Crippen LogP contribution in [0, 0.1) is 17.8 Å². The number of carboxylic acid groups (broad SMARTS) is 1. The molecule has 1 fully saturated rings. The minimum atomic E-state index is -4.42. The van der Waals surface area contributed by atoms with E-state index in [2.05, 4.69) is 26.7 Å². The van der Waals surface area contributed by atoms with Gasteiger partial charge < -0.3 is 5.11 Å². The summed E-state index contributed by atoms with van der Waals surface area (Å²) < 4.78 is 102. The van der Waals surface area contributed by atoms with Crippen molar-refractivity contribution in [1.82, 2.24) is 4.90 Å². The summed E-state index contributed by atoms with van der Waals surface area (Å²) >= 11 is 0. The Kier molecular flexibility index (Phi) is 12.2. The first-order chi connectivity index (χ1) is 18.1. The third kappa shape index (κ3) is 12.8. The van der Waals surface area contributed by atoms with Gasteiger partial charge in [-0.05, 0) is 60.3 Å². The molecule has 0 saturated carbocycles. The van der Waals surface area contributed by atoms with Gasteiger partial charge in [0, 0.05) is 37.9 Å². The monoisotopic (exact) mass is 579 g/mol. The predicted molar refractivity (Wildman–Crippen MR) is 137 cm³/mol. The molecule has 2 aromatic rings. The Bertz CT molecular complexity index is 1110. The molecule has 0 spiro atoms. The van der Waals surface area contributed by atoms with Crippen molar-refractivity contribution >= 4 is 5.97 Å². The zero-order valence-corrected chi connectivity index (χ0v) is 22.6. The van der Waals surface area contributed by atoms with E-state index in [4.69, 9.17) is 16.3 Å². The lowest BCUT2D eigenvalue weighted by atomic mass is 9.88. The molecule has 1 saturated heterocycles.